The van der Waals surface area contributed by atoms with E-state index >= 15 is 0 Å². The predicted octanol–water partition coefficient (Wildman–Crippen LogP) is 4.78. The molecule has 0 aromatic heterocycles. The van der Waals surface area contributed by atoms with E-state index in [4.69, 9.17) is 4.74 Å². The fourth-order valence-corrected chi connectivity index (χ4v) is 2.91. The van der Waals surface area contributed by atoms with Crippen LogP contribution in [0.5, 0.6) is 0 Å². The van der Waals surface area contributed by atoms with E-state index in [1.807, 2.05) is 85.8 Å². The van der Waals surface area contributed by atoms with E-state index in [0.717, 1.165) is 22.3 Å². The maximum atomic E-state index is 12.2. The molecule has 3 rings (SSSR count). The number of ether oxygens (including phenoxy) is 1. The largest absolute Gasteiger partial charge is 0.452 e. The van der Waals surface area contributed by atoms with E-state index in [9.17, 15) is 9.59 Å². The van der Waals surface area contributed by atoms with Gasteiger partial charge in [0, 0.05) is 11.8 Å². The van der Waals surface area contributed by atoms with Gasteiger partial charge in [0.25, 0.3) is 5.91 Å². The van der Waals surface area contributed by atoms with Crippen molar-refractivity contribution in [2.45, 2.75) is 13.3 Å². The third-order valence-electron chi connectivity index (χ3n) is 4.46. The summed E-state index contributed by atoms with van der Waals surface area (Å²) in [5.41, 5.74) is 4.86. The minimum absolute atomic E-state index is 0.337. The molecule has 0 fully saturated rings. The standard InChI is InChI=1S/C25H23NO3/c1-19-9-5-6-12-21(19)15-16-25(28)29-18-24(27)26-23-14-8-7-13-22(23)17-20-10-3-2-4-11-20/h2-16H,17-18H2,1H3,(H,26,27)/b16-15+. The summed E-state index contributed by atoms with van der Waals surface area (Å²) in [7, 11) is 0. The Balaban J connectivity index is 1.54. The third-order valence-corrected chi connectivity index (χ3v) is 4.46. The lowest BCUT2D eigenvalue weighted by molar-refractivity contribution is -0.142. The Labute approximate surface area is 170 Å². The number of hydrogen-bond acceptors (Lipinski definition) is 3. The van der Waals surface area contributed by atoms with Crippen molar-refractivity contribution in [2.75, 3.05) is 11.9 Å². The summed E-state index contributed by atoms with van der Waals surface area (Å²) in [6.07, 6.45) is 3.72. The number of amides is 1. The highest BCUT2D eigenvalue weighted by atomic mass is 16.5. The van der Waals surface area contributed by atoms with Crippen LogP contribution in [-0.2, 0) is 20.7 Å². The first-order valence-corrected chi connectivity index (χ1v) is 9.44. The minimum atomic E-state index is -0.555. The third kappa shape index (κ3) is 6.18. The molecule has 3 aromatic carbocycles. The predicted molar refractivity (Wildman–Crippen MR) is 115 cm³/mol. The van der Waals surface area contributed by atoms with Crippen molar-refractivity contribution in [3.63, 3.8) is 0 Å². The lowest BCUT2D eigenvalue weighted by Gasteiger charge is -2.11. The zero-order valence-corrected chi connectivity index (χ0v) is 16.3. The van der Waals surface area contributed by atoms with Crippen LogP contribution in [0.3, 0.4) is 0 Å². The molecule has 0 aliphatic heterocycles. The Morgan fingerprint density at radius 3 is 2.38 bits per heavy atom. The van der Waals surface area contributed by atoms with Crippen LogP contribution in [0.1, 0.15) is 22.3 Å². The molecule has 29 heavy (non-hydrogen) atoms. The van der Waals surface area contributed by atoms with Gasteiger partial charge in [-0.15, -0.1) is 0 Å². The Kier molecular flexibility index (Phi) is 6.95. The summed E-state index contributed by atoms with van der Waals surface area (Å²) in [4.78, 5) is 24.1. The van der Waals surface area contributed by atoms with Gasteiger partial charge in [-0.1, -0.05) is 72.8 Å². The second-order valence-electron chi connectivity index (χ2n) is 6.67. The number of benzene rings is 3. The van der Waals surface area contributed by atoms with Gasteiger partial charge >= 0.3 is 5.97 Å². The summed E-state index contributed by atoms with van der Waals surface area (Å²) in [5.74, 6) is -0.927. The SMILES string of the molecule is Cc1ccccc1/C=C/C(=O)OCC(=O)Nc1ccccc1Cc1ccccc1. The van der Waals surface area contributed by atoms with Gasteiger partial charge in [0.2, 0.25) is 0 Å². The highest BCUT2D eigenvalue weighted by Crippen LogP contribution is 2.19. The molecular weight excluding hydrogens is 362 g/mol. The number of esters is 1. The van der Waals surface area contributed by atoms with Gasteiger partial charge in [0.05, 0.1) is 0 Å². The summed E-state index contributed by atoms with van der Waals surface area (Å²) in [6, 6.07) is 25.4. The first kappa shape index (κ1) is 20.1. The topological polar surface area (TPSA) is 55.4 Å². The fourth-order valence-electron chi connectivity index (χ4n) is 2.91. The molecule has 3 aromatic rings. The van der Waals surface area contributed by atoms with Crippen molar-refractivity contribution in [3.05, 3.63) is 107 Å². The van der Waals surface area contributed by atoms with Crippen molar-refractivity contribution in [1.82, 2.24) is 0 Å². The average Bonchev–Trinajstić information content (AvgIpc) is 2.74. The lowest BCUT2D eigenvalue weighted by atomic mass is 10.0. The van der Waals surface area contributed by atoms with Crippen LogP contribution >= 0.6 is 0 Å². The Bertz CT molecular complexity index is 1010. The molecular formula is C25H23NO3. The molecule has 0 radical (unpaired) electrons. The second kappa shape index (κ2) is 10.0. The van der Waals surface area contributed by atoms with Crippen molar-refractivity contribution in [2.24, 2.45) is 0 Å². The van der Waals surface area contributed by atoms with Gasteiger partial charge in [-0.3, -0.25) is 4.79 Å². The Morgan fingerprint density at radius 2 is 1.59 bits per heavy atom. The molecule has 1 N–H and O–H groups in total. The summed E-state index contributed by atoms with van der Waals surface area (Å²) < 4.78 is 5.06. The van der Waals surface area contributed by atoms with E-state index in [1.54, 1.807) is 6.08 Å². The number of anilines is 1. The first-order chi connectivity index (χ1) is 14.1. The van der Waals surface area contributed by atoms with Crippen LogP contribution in [0.15, 0.2) is 84.9 Å². The second-order valence-corrected chi connectivity index (χ2v) is 6.67. The normalized spacial score (nSPS) is 10.7. The zero-order chi connectivity index (χ0) is 20.5. The van der Waals surface area contributed by atoms with Crippen LogP contribution in [0.2, 0.25) is 0 Å². The smallest absolute Gasteiger partial charge is 0.331 e. The number of carbonyl (C=O) groups excluding carboxylic acids is 2. The Morgan fingerprint density at radius 1 is 0.897 bits per heavy atom. The van der Waals surface area contributed by atoms with Crippen LogP contribution in [0.4, 0.5) is 5.69 Å². The fraction of sp³-hybridized carbons (Fsp3) is 0.120. The van der Waals surface area contributed by atoms with Gasteiger partial charge in [-0.2, -0.15) is 0 Å². The number of rotatable bonds is 7. The van der Waals surface area contributed by atoms with E-state index in [0.29, 0.717) is 12.1 Å². The van der Waals surface area contributed by atoms with Gasteiger partial charge in [0.1, 0.15) is 0 Å². The average molecular weight is 385 g/mol. The molecule has 0 spiro atoms. The van der Waals surface area contributed by atoms with Gasteiger partial charge < -0.3 is 10.1 Å². The molecule has 0 unspecified atom stereocenters. The van der Waals surface area contributed by atoms with E-state index in [1.165, 1.54) is 6.08 Å². The van der Waals surface area contributed by atoms with Crippen molar-refractivity contribution >= 4 is 23.6 Å². The van der Waals surface area contributed by atoms with Gasteiger partial charge in [-0.05, 0) is 47.7 Å². The van der Waals surface area contributed by atoms with Crippen LogP contribution in [-0.4, -0.2) is 18.5 Å². The van der Waals surface area contributed by atoms with E-state index < -0.39 is 5.97 Å². The number of hydrogen-bond donors (Lipinski definition) is 1. The zero-order valence-electron chi connectivity index (χ0n) is 16.3. The molecule has 1 amide bonds. The molecule has 4 nitrogen and oxygen atoms in total. The van der Waals surface area contributed by atoms with Crippen molar-refractivity contribution in [3.8, 4) is 0 Å². The molecule has 0 saturated heterocycles. The maximum Gasteiger partial charge on any atom is 0.331 e. The van der Waals surface area contributed by atoms with Crippen LogP contribution in [0.25, 0.3) is 6.08 Å². The minimum Gasteiger partial charge on any atom is -0.452 e. The molecule has 0 bridgehead atoms. The monoisotopic (exact) mass is 385 g/mol. The highest BCUT2D eigenvalue weighted by molar-refractivity contribution is 5.95. The van der Waals surface area contributed by atoms with E-state index in [-0.39, 0.29) is 12.5 Å². The molecule has 4 heteroatoms. The molecule has 0 atom stereocenters. The molecule has 0 saturated carbocycles. The molecule has 0 aliphatic carbocycles. The Hall–Kier alpha value is -3.66. The number of carbonyl (C=O) groups is 2. The van der Waals surface area contributed by atoms with Crippen LogP contribution in [0, 0.1) is 6.92 Å². The highest BCUT2D eigenvalue weighted by Gasteiger charge is 2.09. The molecule has 0 heterocycles. The number of nitrogens with one attached hydrogen (secondary N) is 1. The number of aryl methyl sites for hydroxylation is 1. The van der Waals surface area contributed by atoms with Crippen LogP contribution < -0.4 is 5.32 Å². The van der Waals surface area contributed by atoms with Gasteiger partial charge in [-0.25, -0.2) is 4.79 Å². The first-order valence-electron chi connectivity index (χ1n) is 9.44. The molecule has 146 valence electrons. The maximum absolute atomic E-state index is 12.2. The quantitative estimate of drug-likeness (QED) is 0.470. The summed E-state index contributed by atoms with van der Waals surface area (Å²) in [6.45, 7) is 1.63. The van der Waals surface area contributed by atoms with Crippen molar-refractivity contribution in [1.29, 1.82) is 0 Å². The lowest BCUT2D eigenvalue weighted by Crippen LogP contribution is -2.20. The van der Waals surface area contributed by atoms with Gasteiger partial charge in [0.15, 0.2) is 6.61 Å². The number of para-hydroxylation sites is 1. The summed E-state index contributed by atoms with van der Waals surface area (Å²) >= 11 is 0. The summed E-state index contributed by atoms with van der Waals surface area (Å²) in [5, 5.41) is 2.83. The molecule has 0 aliphatic rings. The van der Waals surface area contributed by atoms with E-state index in [2.05, 4.69) is 5.32 Å². The van der Waals surface area contributed by atoms with Crippen molar-refractivity contribution < 1.29 is 14.3 Å².